The van der Waals surface area contributed by atoms with Gasteiger partial charge in [0.15, 0.2) is 0 Å². The molecule has 0 radical (unpaired) electrons. The molecule has 34 heavy (non-hydrogen) atoms. The minimum absolute atomic E-state index is 0.0445. The third-order valence-corrected chi connectivity index (χ3v) is 6.94. The van der Waals surface area contributed by atoms with Gasteiger partial charge in [0.2, 0.25) is 5.91 Å². The third-order valence-electron chi connectivity index (χ3n) is 6.94. The van der Waals surface area contributed by atoms with Crippen molar-refractivity contribution in [3.05, 3.63) is 29.3 Å². The Kier molecular flexibility index (Phi) is 10.7. The summed E-state index contributed by atoms with van der Waals surface area (Å²) < 4.78 is 6.18. The molecule has 2 heterocycles. The number of rotatable bonds is 6. The van der Waals surface area contributed by atoms with Crippen molar-refractivity contribution in [2.75, 3.05) is 52.9 Å². The molecule has 190 valence electrons. The largest absolute Gasteiger partial charge is 0.493 e. The molecule has 2 amide bonds. The normalized spacial score (nSPS) is 19.8. The van der Waals surface area contributed by atoms with Gasteiger partial charge in [-0.3, -0.25) is 14.5 Å². The number of hydrogen-bond acceptors (Lipinski definition) is 5. The fraction of sp³-hybridized carbons (Fsp3) is 0.704. The summed E-state index contributed by atoms with van der Waals surface area (Å²) in [6.07, 6.45) is 6.11. The summed E-state index contributed by atoms with van der Waals surface area (Å²) in [5.41, 5.74) is 1.55. The summed E-state index contributed by atoms with van der Waals surface area (Å²) in [6.45, 7) is 10.2. The highest BCUT2D eigenvalue weighted by Crippen LogP contribution is 2.26. The molecule has 0 aromatic heterocycles. The highest BCUT2D eigenvalue weighted by molar-refractivity contribution is 5.96. The molecule has 0 atom stereocenters. The number of piperidine rings is 1. The molecule has 1 aromatic carbocycles. The number of fused-ring (bicyclic) bond motifs is 1. The lowest BCUT2D eigenvalue weighted by molar-refractivity contribution is -0.122. The van der Waals surface area contributed by atoms with Crippen molar-refractivity contribution in [3.8, 4) is 5.75 Å². The molecule has 2 N–H and O–H groups in total. The van der Waals surface area contributed by atoms with E-state index in [1.807, 2.05) is 18.2 Å². The fourth-order valence-corrected chi connectivity index (χ4v) is 4.63. The number of ether oxygens (including phenoxy) is 1. The number of amides is 2. The molecule has 0 spiro atoms. The number of hydrogen-bond donors (Lipinski definition) is 2. The first-order valence-electron chi connectivity index (χ1n) is 13.1. The molecule has 1 aromatic rings. The van der Waals surface area contributed by atoms with Crippen LogP contribution in [0.5, 0.6) is 5.75 Å². The molecule has 3 rings (SSSR count). The van der Waals surface area contributed by atoms with Gasteiger partial charge in [-0.15, -0.1) is 0 Å². The zero-order valence-electron chi connectivity index (χ0n) is 21.4. The van der Waals surface area contributed by atoms with Gasteiger partial charge in [-0.1, -0.05) is 19.9 Å². The van der Waals surface area contributed by atoms with Crippen molar-refractivity contribution in [2.45, 2.75) is 58.9 Å². The first-order valence-corrected chi connectivity index (χ1v) is 13.1. The lowest BCUT2D eigenvalue weighted by atomic mass is 9.97. The first-order chi connectivity index (χ1) is 16.4. The Labute approximate surface area is 205 Å². The highest BCUT2D eigenvalue weighted by Gasteiger charge is 2.22. The third kappa shape index (κ3) is 8.58. The summed E-state index contributed by atoms with van der Waals surface area (Å²) >= 11 is 0. The molecule has 1 saturated heterocycles. The van der Waals surface area contributed by atoms with Crippen LogP contribution in [0.25, 0.3) is 0 Å². The minimum atomic E-state index is -0.0445. The van der Waals surface area contributed by atoms with Gasteiger partial charge in [-0.2, -0.15) is 0 Å². The smallest absolute Gasteiger partial charge is 0.251 e. The first kappa shape index (κ1) is 26.5. The van der Waals surface area contributed by atoms with E-state index in [0.29, 0.717) is 50.2 Å². The van der Waals surface area contributed by atoms with Gasteiger partial charge in [0.25, 0.3) is 5.91 Å². The summed E-state index contributed by atoms with van der Waals surface area (Å²) in [6, 6.07) is 5.76. The highest BCUT2D eigenvalue weighted by atomic mass is 16.5. The second-order valence-electron chi connectivity index (χ2n) is 10.4. The summed E-state index contributed by atoms with van der Waals surface area (Å²) in [4.78, 5) is 30.4. The maximum atomic E-state index is 13.3. The SMILES string of the molecule is CC(C)CCN1CC(=O)NCCCCCOc2cccc(C(=O)NCC3CCN(C)CC3)c2C1. The quantitative estimate of drug-likeness (QED) is 0.665. The van der Waals surface area contributed by atoms with Gasteiger partial charge < -0.3 is 20.3 Å². The van der Waals surface area contributed by atoms with E-state index < -0.39 is 0 Å². The van der Waals surface area contributed by atoms with E-state index >= 15 is 0 Å². The predicted molar refractivity (Wildman–Crippen MR) is 136 cm³/mol. The van der Waals surface area contributed by atoms with E-state index in [2.05, 4.69) is 41.3 Å². The average Bonchev–Trinajstić information content (AvgIpc) is 2.83. The Morgan fingerprint density at radius 1 is 1.18 bits per heavy atom. The van der Waals surface area contributed by atoms with Crippen LogP contribution in [0.2, 0.25) is 0 Å². The number of carbonyl (C=O) groups excluding carboxylic acids is 2. The van der Waals surface area contributed by atoms with Gasteiger partial charge in [0, 0.05) is 30.8 Å². The van der Waals surface area contributed by atoms with Crippen LogP contribution in [0.3, 0.4) is 0 Å². The van der Waals surface area contributed by atoms with Gasteiger partial charge >= 0.3 is 0 Å². The van der Waals surface area contributed by atoms with Crippen molar-refractivity contribution >= 4 is 11.8 Å². The number of benzene rings is 1. The summed E-state index contributed by atoms with van der Waals surface area (Å²) in [5, 5.41) is 6.25. The Bertz CT molecular complexity index is 790. The number of nitrogens with zero attached hydrogens (tertiary/aromatic N) is 2. The molecule has 1 fully saturated rings. The van der Waals surface area contributed by atoms with Gasteiger partial charge in [-0.05, 0) is 89.2 Å². The van der Waals surface area contributed by atoms with Crippen LogP contribution in [0.1, 0.15) is 68.3 Å². The Balaban J connectivity index is 1.79. The topological polar surface area (TPSA) is 73.9 Å². The van der Waals surface area contributed by atoms with Crippen molar-refractivity contribution < 1.29 is 14.3 Å². The van der Waals surface area contributed by atoms with Crippen LogP contribution in [0.4, 0.5) is 0 Å². The summed E-state index contributed by atoms with van der Waals surface area (Å²) in [7, 11) is 2.15. The van der Waals surface area contributed by atoms with Crippen LogP contribution < -0.4 is 15.4 Å². The maximum Gasteiger partial charge on any atom is 0.251 e. The molecule has 0 aliphatic carbocycles. The monoisotopic (exact) mass is 472 g/mol. The lowest BCUT2D eigenvalue weighted by Gasteiger charge is -2.29. The molecular weight excluding hydrogens is 428 g/mol. The molecule has 2 aliphatic rings. The van der Waals surface area contributed by atoms with E-state index in [4.69, 9.17) is 4.74 Å². The van der Waals surface area contributed by atoms with Crippen molar-refractivity contribution in [1.82, 2.24) is 20.4 Å². The summed E-state index contributed by atoms with van der Waals surface area (Å²) in [5.74, 6) is 1.83. The zero-order valence-corrected chi connectivity index (χ0v) is 21.4. The van der Waals surface area contributed by atoms with Gasteiger partial charge in [0.1, 0.15) is 5.75 Å². The molecular formula is C27H44N4O3. The standard InChI is InChI=1S/C27H44N4O3/c1-21(2)10-16-31-19-24-23(27(33)29-18-22-11-14-30(3)15-12-22)8-7-9-25(24)34-17-6-4-5-13-28-26(32)20-31/h7-9,21-22H,4-6,10-20H2,1-3H3,(H,28,32)(H,29,33). The van der Waals surface area contributed by atoms with E-state index in [1.165, 1.54) is 0 Å². The van der Waals surface area contributed by atoms with Crippen molar-refractivity contribution in [1.29, 1.82) is 0 Å². The van der Waals surface area contributed by atoms with Gasteiger partial charge in [-0.25, -0.2) is 0 Å². The van der Waals surface area contributed by atoms with E-state index in [-0.39, 0.29) is 11.8 Å². The zero-order chi connectivity index (χ0) is 24.3. The second kappa shape index (κ2) is 13.7. The van der Waals surface area contributed by atoms with Crippen LogP contribution in [0.15, 0.2) is 18.2 Å². The lowest BCUT2D eigenvalue weighted by Crippen LogP contribution is -2.39. The van der Waals surface area contributed by atoms with Crippen molar-refractivity contribution in [2.24, 2.45) is 11.8 Å². The van der Waals surface area contributed by atoms with Crippen LogP contribution >= 0.6 is 0 Å². The molecule has 2 aliphatic heterocycles. The average molecular weight is 473 g/mol. The molecule has 0 saturated carbocycles. The van der Waals surface area contributed by atoms with Crippen LogP contribution in [-0.2, 0) is 11.3 Å². The van der Waals surface area contributed by atoms with Crippen molar-refractivity contribution in [3.63, 3.8) is 0 Å². The molecule has 7 heteroatoms. The number of nitrogens with one attached hydrogen (secondary N) is 2. The fourth-order valence-electron chi connectivity index (χ4n) is 4.63. The van der Waals surface area contributed by atoms with Crippen LogP contribution in [0, 0.1) is 11.8 Å². The molecule has 0 bridgehead atoms. The van der Waals surface area contributed by atoms with Crippen LogP contribution in [-0.4, -0.2) is 74.5 Å². The van der Waals surface area contributed by atoms with E-state index in [0.717, 1.165) is 69.5 Å². The Morgan fingerprint density at radius 3 is 2.74 bits per heavy atom. The van der Waals surface area contributed by atoms with E-state index in [1.54, 1.807) is 0 Å². The maximum absolute atomic E-state index is 13.3. The van der Waals surface area contributed by atoms with E-state index in [9.17, 15) is 9.59 Å². The minimum Gasteiger partial charge on any atom is -0.493 e. The molecule has 0 unspecified atom stereocenters. The number of likely N-dealkylation sites (tertiary alicyclic amines) is 1. The number of carbonyl (C=O) groups is 2. The van der Waals surface area contributed by atoms with Gasteiger partial charge in [0.05, 0.1) is 13.2 Å². The second-order valence-corrected chi connectivity index (χ2v) is 10.4. The predicted octanol–water partition coefficient (Wildman–Crippen LogP) is 3.29. The Hall–Kier alpha value is -2.12. The Morgan fingerprint density at radius 2 is 1.97 bits per heavy atom. The molecule has 7 nitrogen and oxygen atoms in total.